The van der Waals surface area contributed by atoms with Gasteiger partial charge in [0.2, 0.25) is 17.7 Å². The fourth-order valence-electron chi connectivity index (χ4n) is 2.21. The molecular weight excluding hydrogens is 256 g/mol. The molecule has 0 amide bonds. The van der Waals surface area contributed by atoms with Crippen LogP contribution in [-0.4, -0.2) is 42.3 Å². The number of rotatable bonds is 4. The Hall–Kier alpha value is -2.37. The maximum atomic E-state index is 5.16. The molecule has 1 aliphatic heterocycles. The summed E-state index contributed by atoms with van der Waals surface area (Å²) in [5.41, 5.74) is 1.25. The van der Waals surface area contributed by atoms with Crippen molar-refractivity contribution < 1.29 is 9.47 Å². The minimum Gasteiger partial charge on any atom is -0.481 e. The van der Waals surface area contributed by atoms with Crippen LogP contribution in [0, 0.1) is 0 Å². The average molecular weight is 272 g/mol. The molecule has 0 aliphatic carbocycles. The van der Waals surface area contributed by atoms with Gasteiger partial charge in [-0.15, -0.1) is 0 Å². The smallest absolute Gasteiger partial charge is 0.232 e. The molecule has 1 saturated heterocycles. The van der Waals surface area contributed by atoms with Gasteiger partial charge in [0.1, 0.15) is 0 Å². The molecule has 3 heterocycles. The van der Waals surface area contributed by atoms with Crippen molar-refractivity contribution in [3.8, 4) is 11.8 Å². The molecule has 0 radical (unpaired) electrons. The van der Waals surface area contributed by atoms with Crippen LogP contribution in [0.4, 0.5) is 5.95 Å². The summed E-state index contributed by atoms with van der Waals surface area (Å²) in [6.07, 6.45) is 3.70. The van der Waals surface area contributed by atoms with Crippen LogP contribution < -0.4 is 14.4 Å². The number of hydrogen-bond acceptors (Lipinski definition) is 6. The Balaban J connectivity index is 1.73. The summed E-state index contributed by atoms with van der Waals surface area (Å²) >= 11 is 0. The van der Waals surface area contributed by atoms with Crippen LogP contribution in [-0.2, 0) is 0 Å². The number of methoxy groups -OCH3 is 2. The number of ether oxygens (including phenoxy) is 2. The van der Waals surface area contributed by atoms with E-state index in [0.29, 0.717) is 23.6 Å². The first-order valence-corrected chi connectivity index (χ1v) is 6.42. The van der Waals surface area contributed by atoms with Crippen LogP contribution in [0.2, 0.25) is 0 Å². The van der Waals surface area contributed by atoms with E-state index in [-0.39, 0.29) is 0 Å². The molecule has 0 spiro atoms. The van der Waals surface area contributed by atoms with Gasteiger partial charge >= 0.3 is 0 Å². The molecular formula is C14H16N4O2. The second-order valence-corrected chi connectivity index (χ2v) is 4.64. The first-order valence-electron chi connectivity index (χ1n) is 6.42. The lowest BCUT2D eigenvalue weighted by atomic mass is 9.93. The van der Waals surface area contributed by atoms with Gasteiger partial charge in [0, 0.05) is 31.4 Å². The monoisotopic (exact) mass is 272 g/mol. The van der Waals surface area contributed by atoms with Gasteiger partial charge in [0.05, 0.1) is 20.3 Å². The normalized spacial score (nSPS) is 14.8. The van der Waals surface area contributed by atoms with Crippen molar-refractivity contribution in [2.24, 2.45) is 0 Å². The topological polar surface area (TPSA) is 60.4 Å². The van der Waals surface area contributed by atoms with Crippen LogP contribution in [0.25, 0.3) is 0 Å². The Morgan fingerprint density at radius 2 is 1.85 bits per heavy atom. The van der Waals surface area contributed by atoms with Crippen molar-refractivity contribution in [1.29, 1.82) is 0 Å². The van der Waals surface area contributed by atoms with Crippen molar-refractivity contribution >= 4 is 5.95 Å². The summed E-state index contributed by atoms with van der Waals surface area (Å²) in [6.45, 7) is 1.75. The maximum Gasteiger partial charge on any atom is 0.232 e. The molecule has 6 heteroatoms. The minimum atomic E-state index is 0.476. The van der Waals surface area contributed by atoms with Crippen molar-refractivity contribution in [3.05, 3.63) is 36.2 Å². The van der Waals surface area contributed by atoms with Gasteiger partial charge in [-0.25, -0.2) is 0 Å². The SMILES string of the molecule is COc1cc(OC)nc(N2CC(c3cccnc3)C2)n1. The van der Waals surface area contributed by atoms with E-state index in [2.05, 4.69) is 25.9 Å². The molecule has 2 aromatic heterocycles. The molecule has 0 aromatic carbocycles. The van der Waals surface area contributed by atoms with Crippen molar-refractivity contribution in [2.75, 3.05) is 32.2 Å². The summed E-state index contributed by atoms with van der Waals surface area (Å²) < 4.78 is 10.3. The van der Waals surface area contributed by atoms with Gasteiger partial charge < -0.3 is 14.4 Å². The van der Waals surface area contributed by atoms with E-state index in [0.717, 1.165) is 13.1 Å². The minimum absolute atomic E-state index is 0.476. The Morgan fingerprint density at radius 3 is 2.40 bits per heavy atom. The quantitative estimate of drug-likeness (QED) is 0.840. The molecule has 20 heavy (non-hydrogen) atoms. The van der Waals surface area contributed by atoms with Gasteiger partial charge in [-0.3, -0.25) is 4.98 Å². The molecule has 0 saturated carbocycles. The molecule has 6 nitrogen and oxygen atoms in total. The third kappa shape index (κ3) is 2.36. The van der Waals surface area contributed by atoms with Crippen LogP contribution in [0.15, 0.2) is 30.6 Å². The van der Waals surface area contributed by atoms with Crippen molar-refractivity contribution in [1.82, 2.24) is 15.0 Å². The van der Waals surface area contributed by atoms with Gasteiger partial charge in [-0.05, 0) is 11.6 Å². The lowest BCUT2D eigenvalue weighted by Gasteiger charge is -2.39. The highest BCUT2D eigenvalue weighted by Gasteiger charge is 2.30. The van der Waals surface area contributed by atoms with E-state index in [1.165, 1.54) is 5.56 Å². The van der Waals surface area contributed by atoms with Crippen LogP contribution in [0.1, 0.15) is 11.5 Å². The van der Waals surface area contributed by atoms with Gasteiger partial charge in [-0.1, -0.05) is 6.07 Å². The Labute approximate surface area is 117 Å². The number of anilines is 1. The average Bonchev–Trinajstić information content (AvgIpc) is 2.46. The first kappa shape index (κ1) is 12.7. The predicted molar refractivity (Wildman–Crippen MR) is 74.3 cm³/mol. The summed E-state index contributed by atoms with van der Waals surface area (Å²) in [7, 11) is 3.17. The largest absolute Gasteiger partial charge is 0.481 e. The Kier molecular flexibility index (Phi) is 3.37. The van der Waals surface area contributed by atoms with Crippen LogP contribution >= 0.6 is 0 Å². The lowest BCUT2D eigenvalue weighted by molar-refractivity contribution is 0.369. The second kappa shape index (κ2) is 5.32. The number of nitrogens with zero attached hydrogens (tertiary/aromatic N) is 4. The highest BCUT2D eigenvalue weighted by atomic mass is 16.5. The van der Waals surface area contributed by atoms with E-state index < -0.39 is 0 Å². The highest BCUT2D eigenvalue weighted by Crippen LogP contribution is 2.31. The van der Waals surface area contributed by atoms with Crippen molar-refractivity contribution in [3.63, 3.8) is 0 Å². The molecule has 1 fully saturated rings. The zero-order valence-corrected chi connectivity index (χ0v) is 11.5. The van der Waals surface area contributed by atoms with E-state index in [1.54, 1.807) is 26.5 Å². The summed E-state index contributed by atoms with van der Waals surface area (Å²) in [4.78, 5) is 14.9. The molecule has 0 N–H and O–H groups in total. The zero-order valence-electron chi connectivity index (χ0n) is 11.5. The molecule has 0 unspecified atom stereocenters. The fourth-order valence-corrected chi connectivity index (χ4v) is 2.21. The zero-order chi connectivity index (χ0) is 13.9. The highest BCUT2D eigenvalue weighted by molar-refractivity contribution is 5.42. The summed E-state index contributed by atoms with van der Waals surface area (Å²) in [6, 6.07) is 5.73. The van der Waals surface area contributed by atoms with E-state index >= 15 is 0 Å². The molecule has 104 valence electrons. The number of aromatic nitrogens is 3. The summed E-state index contributed by atoms with van der Waals surface area (Å²) in [5, 5.41) is 0. The fraction of sp³-hybridized carbons (Fsp3) is 0.357. The molecule has 3 rings (SSSR count). The lowest BCUT2D eigenvalue weighted by Crippen LogP contribution is -2.46. The van der Waals surface area contributed by atoms with E-state index in [1.807, 2.05) is 12.3 Å². The molecule has 0 atom stereocenters. The van der Waals surface area contributed by atoms with E-state index in [9.17, 15) is 0 Å². The van der Waals surface area contributed by atoms with E-state index in [4.69, 9.17) is 9.47 Å². The van der Waals surface area contributed by atoms with Gasteiger partial charge in [0.25, 0.3) is 0 Å². The Morgan fingerprint density at radius 1 is 1.15 bits per heavy atom. The first-order chi connectivity index (χ1) is 9.80. The second-order valence-electron chi connectivity index (χ2n) is 4.64. The number of pyridine rings is 1. The van der Waals surface area contributed by atoms with Gasteiger partial charge in [0.15, 0.2) is 0 Å². The third-order valence-electron chi connectivity index (χ3n) is 3.41. The third-order valence-corrected chi connectivity index (χ3v) is 3.41. The van der Waals surface area contributed by atoms with Crippen LogP contribution in [0.3, 0.4) is 0 Å². The molecule has 0 bridgehead atoms. The maximum absolute atomic E-state index is 5.16. The molecule has 1 aliphatic rings. The molecule has 2 aromatic rings. The summed E-state index contributed by atoms with van der Waals surface area (Å²) in [5.74, 6) is 2.14. The Bertz CT molecular complexity index is 563. The number of hydrogen-bond donors (Lipinski definition) is 0. The van der Waals surface area contributed by atoms with Gasteiger partial charge in [-0.2, -0.15) is 9.97 Å². The predicted octanol–water partition coefficient (Wildman–Crippen LogP) is 1.49. The standard InChI is InChI=1S/C14H16N4O2/c1-19-12-6-13(20-2)17-14(16-12)18-8-11(9-18)10-4-3-5-15-7-10/h3-7,11H,8-9H2,1-2H3. The van der Waals surface area contributed by atoms with Crippen molar-refractivity contribution in [2.45, 2.75) is 5.92 Å². The van der Waals surface area contributed by atoms with Crippen LogP contribution in [0.5, 0.6) is 11.8 Å².